The molecule has 1 fully saturated rings. The fraction of sp³-hybridized carbons (Fsp3) is 0.545. The third kappa shape index (κ3) is 2.63. The summed E-state index contributed by atoms with van der Waals surface area (Å²) in [7, 11) is -2.88. The number of nitrogens with zero attached hydrogens (tertiary/aromatic N) is 2. The first-order valence-corrected chi connectivity index (χ1v) is 8.10. The largest absolute Gasteiger partial charge is 0.351 e. The Labute approximate surface area is 110 Å². The predicted molar refractivity (Wildman–Crippen MR) is 72.1 cm³/mol. The summed E-state index contributed by atoms with van der Waals surface area (Å²) in [6, 6.07) is 1.90. The van der Waals surface area contributed by atoms with Gasteiger partial charge >= 0.3 is 0 Å². The molecule has 0 bridgehead atoms. The Kier molecular flexibility index (Phi) is 3.45. The fourth-order valence-corrected chi connectivity index (χ4v) is 4.06. The second-order valence-corrected chi connectivity index (χ2v) is 7.44. The molecule has 1 atom stereocenters. The maximum atomic E-state index is 11.5. The molecule has 2 rings (SSSR count). The number of sulfone groups is 1. The maximum absolute atomic E-state index is 11.5. The summed E-state index contributed by atoms with van der Waals surface area (Å²) >= 11 is 3.52. The second-order valence-electron chi connectivity index (χ2n) is 4.42. The lowest BCUT2D eigenvalue weighted by molar-refractivity contribution is 0.566. The van der Waals surface area contributed by atoms with E-state index in [-0.39, 0.29) is 17.5 Å². The van der Waals surface area contributed by atoms with E-state index in [1.54, 1.807) is 6.20 Å². The molecular weight excluding hydrogens is 304 g/mol. The molecule has 1 aliphatic rings. The average Bonchev–Trinajstić information content (AvgIpc) is 2.22. The zero-order valence-corrected chi connectivity index (χ0v) is 12.3. The third-order valence-corrected chi connectivity index (χ3v) is 5.78. The average molecular weight is 319 g/mol. The molecule has 0 spiro atoms. The van der Waals surface area contributed by atoms with Gasteiger partial charge in [0.15, 0.2) is 9.84 Å². The molecule has 0 amide bonds. The molecular formula is C11H15BrN2O2S. The quantitative estimate of drug-likeness (QED) is 0.792. The summed E-state index contributed by atoms with van der Waals surface area (Å²) in [6.07, 6.45) is 1.76. The van der Waals surface area contributed by atoms with E-state index in [0.717, 1.165) is 15.9 Å². The van der Waals surface area contributed by atoms with E-state index < -0.39 is 9.84 Å². The van der Waals surface area contributed by atoms with Crippen molar-refractivity contribution in [2.24, 2.45) is 0 Å². The van der Waals surface area contributed by atoms with Gasteiger partial charge in [-0.25, -0.2) is 13.4 Å². The van der Waals surface area contributed by atoms with E-state index in [9.17, 15) is 8.42 Å². The van der Waals surface area contributed by atoms with Crippen molar-refractivity contribution in [2.45, 2.75) is 19.9 Å². The van der Waals surface area contributed by atoms with Crippen molar-refractivity contribution < 1.29 is 8.42 Å². The van der Waals surface area contributed by atoms with Crippen LogP contribution in [0.2, 0.25) is 0 Å². The lowest BCUT2D eigenvalue weighted by Crippen LogP contribution is -2.47. The van der Waals surface area contributed by atoms with Crippen molar-refractivity contribution in [3.63, 3.8) is 0 Å². The van der Waals surface area contributed by atoms with Crippen LogP contribution in [0, 0.1) is 6.92 Å². The molecule has 1 saturated heterocycles. The highest BCUT2D eigenvalue weighted by Gasteiger charge is 2.30. The van der Waals surface area contributed by atoms with Crippen LogP contribution in [-0.4, -0.2) is 37.5 Å². The van der Waals surface area contributed by atoms with Gasteiger partial charge in [-0.15, -0.1) is 0 Å². The molecule has 1 aromatic rings. The van der Waals surface area contributed by atoms with Gasteiger partial charge in [0.1, 0.15) is 5.82 Å². The van der Waals surface area contributed by atoms with Crippen LogP contribution >= 0.6 is 15.9 Å². The van der Waals surface area contributed by atoms with Gasteiger partial charge < -0.3 is 4.90 Å². The molecule has 0 radical (unpaired) electrons. The van der Waals surface area contributed by atoms with E-state index in [4.69, 9.17) is 0 Å². The first-order chi connectivity index (χ1) is 7.91. The van der Waals surface area contributed by atoms with Crippen LogP contribution in [0.25, 0.3) is 0 Å². The molecule has 1 aliphatic heterocycles. The summed E-state index contributed by atoms with van der Waals surface area (Å²) in [5, 5.41) is 0. The standard InChI is InChI=1S/C11H15BrN2O2S/c1-8-3-4-13-11(10(8)12)14-5-6-17(15,16)7-9(14)2/h3-4,9H,5-7H2,1-2H3. The van der Waals surface area contributed by atoms with Crippen molar-refractivity contribution >= 4 is 31.6 Å². The molecule has 0 aliphatic carbocycles. The molecule has 0 N–H and O–H groups in total. The Morgan fingerprint density at radius 2 is 2.24 bits per heavy atom. The van der Waals surface area contributed by atoms with Gasteiger partial charge in [0.05, 0.1) is 16.0 Å². The Morgan fingerprint density at radius 1 is 1.53 bits per heavy atom. The first-order valence-electron chi connectivity index (χ1n) is 5.49. The van der Waals surface area contributed by atoms with Crippen LogP contribution in [0.15, 0.2) is 16.7 Å². The van der Waals surface area contributed by atoms with Crippen molar-refractivity contribution in [1.82, 2.24) is 4.98 Å². The number of anilines is 1. The van der Waals surface area contributed by atoms with Gasteiger partial charge in [0.25, 0.3) is 0 Å². The summed E-state index contributed by atoms with van der Waals surface area (Å²) in [4.78, 5) is 6.40. The van der Waals surface area contributed by atoms with E-state index in [1.807, 2.05) is 19.9 Å². The number of aromatic nitrogens is 1. The second kappa shape index (κ2) is 4.57. The number of aryl methyl sites for hydroxylation is 1. The lowest BCUT2D eigenvalue weighted by atomic mass is 10.2. The Balaban J connectivity index is 2.33. The normalized spacial score (nSPS) is 23.7. The zero-order chi connectivity index (χ0) is 12.6. The number of pyridine rings is 1. The minimum Gasteiger partial charge on any atom is -0.351 e. The van der Waals surface area contributed by atoms with Crippen molar-refractivity contribution in [1.29, 1.82) is 0 Å². The molecule has 4 nitrogen and oxygen atoms in total. The van der Waals surface area contributed by atoms with E-state index in [1.165, 1.54) is 0 Å². The minimum absolute atomic E-state index is 0.0284. The monoisotopic (exact) mass is 318 g/mol. The van der Waals surface area contributed by atoms with Gasteiger partial charge in [-0.2, -0.15) is 0 Å². The number of halogens is 1. The van der Waals surface area contributed by atoms with Crippen LogP contribution in [0.3, 0.4) is 0 Å². The van der Waals surface area contributed by atoms with Gasteiger partial charge in [-0.3, -0.25) is 0 Å². The summed E-state index contributed by atoms with van der Waals surface area (Å²) < 4.78 is 24.0. The molecule has 0 aromatic carbocycles. The van der Waals surface area contributed by atoms with E-state index in [2.05, 4.69) is 25.8 Å². The highest BCUT2D eigenvalue weighted by atomic mass is 79.9. The minimum atomic E-state index is -2.88. The van der Waals surface area contributed by atoms with Crippen LogP contribution in [0.4, 0.5) is 5.82 Å². The van der Waals surface area contributed by atoms with Gasteiger partial charge in [0, 0.05) is 18.8 Å². The summed E-state index contributed by atoms with van der Waals surface area (Å²) in [5.74, 6) is 1.25. The SMILES string of the molecule is Cc1ccnc(N2CCS(=O)(=O)CC2C)c1Br. The fourth-order valence-electron chi connectivity index (χ4n) is 2.04. The molecule has 1 aromatic heterocycles. The number of rotatable bonds is 1. The van der Waals surface area contributed by atoms with Gasteiger partial charge in [0.2, 0.25) is 0 Å². The zero-order valence-electron chi connectivity index (χ0n) is 9.85. The topological polar surface area (TPSA) is 50.3 Å². The van der Waals surface area contributed by atoms with Crippen LogP contribution in [0.1, 0.15) is 12.5 Å². The van der Waals surface area contributed by atoms with Gasteiger partial charge in [-0.1, -0.05) is 0 Å². The van der Waals surface area contributed by atoms with Crippen LogP contribution < -0.4 is 4.90 Å². The lowest BCUT2D eigenvalue weighted by Gasteiger charge is -2.34. The van der Waals surface area contributed by atoms with E-state index in [0.29, 0.717) is 6.54 Å². The Bertz CT molecular complexity index is 530. The maximum Gasteiger partial charge on any atom is 0.154 e. The molecule has 1 unspecified atom stereocenters. The smallest absolute Gasteiger partial charge is 0.154 e. The van der Waals surface area contributed by atoms with Crippen molar-refractivity contribution in [2.75, 3.05) is 23.0 Å². The van der Waals surface area contributed by atoms with Crippen LogP contribution in [-0.2, 0) is 9.84 Å². The number of hydrogen-bond acceptors (Lipinski definition) is 4. The van der Waals surface area contributed by atoms with Crippen molar-refractivity contribution in [3.8, 4) is 0 Å². The third-order valence-electron chi connectivity index (χ3n) is 3.01. The Hall–Kier alpha value is -0.620. The van der Waals surface area contributed by atoms with Crippen LogP contribution in [0.5, 0.6) is 0 Å². The molecule has 94 valence electrons. The number of hydrogen-bond donors (Lipinski definition) is 0. The van der Waals surface area contributed by atoms with E-state index >= 15 is 0 Å². The Morgan fingerprint density at radius 3 is 2.88 bits per heavy atom. The highest BCUT2D eigenvalue weighted by molar-refractivity contribution is 9.10. The highest BCUT2D eigenvalue weighted by Crippen LogP contribution is 2.29. The summed E-state index contributed by atoms with van der Waals surface area (Å²) in [5.41, 5.74) is 1.11. The molecule has 17 heavy (non-hydrogen) atoms. The predicted octanol–water partition coefficient (Wildman–Crippen LogP) is 1.78. The van der Waals surface area contributed by atoms with Crippen molar-refractivity contribution in [3.05, 3.63) is 22.3 Å². The molecule has 0 saturated carbocycles. The van der Waals surface area contributed by atoms with Gasteiger partial charge in [-0.05, 0) is 41.4 Å². The first kappa shape index (κ1) is 12.8. The molecule has 6 heteroatoms. The molecule has 2 heterocycles. The summed E-state index contributed by atoms with van der Waals surface area (Å²) in [6.45, 7) is 4.44.